The van der Waals surface area contributed by atoms with E-state index in [1.807, 2.05) is 6.92 Å². The number of alkyl halides is 1. The molecule has 1 atom stereocenters. The van der Waals surface area contributed by atoms with Crippen LogP contribution in [-0.4, -0.2) is 37.0 Å². The lowest BCUT2D eigenvalue weighted by atomic mass is 10.3. The van der Waals surface area contributed by atoms with Crippen LogP contribution in [0.15, 0.2) is 29.2 Å². The number of hydrogen-bond donors (Lipinski definition) is 1. The Morgan fingerprint density at radius 2 is 1.90 bits per heavy atom. The van der Waals surface area contributed by atoms with E-state index >= 15 is 0 Å². The summed E-state index contributed by atoms with van der Waals surface area (Å²) in [6, 6.07) is 6.15. The lowest BCUT2D eigenvalue weighted by molar-refractivity contribution is -0.114. The van der Waals surface area contributed by atoms with Gasteiger partial charge in [0.25, 0.3) is 0 Å². The molecular formula is C13H19BrN2O3S. The smallest absolute Gasteiger partial charge is 0.242 e. The molecule has 0 saturated carbocycles. The Morgan fingerprint density at radius 1 is 1.35 bits per heavy atom. The highest BCUT2D eigenvalue weighted by Crippen LogP contribution is 2.18. The Morgan fingerprint density at radius 3 is 2.35 bits per heavy atom. The quantitative estimate of drug-likeness (QED) is 0.790. The molecule has 0 spiro atoms. The summed E-state index contributed by atoms with van der Waals surface area (Å²) in [7, 11) is -1.92. The van der Waals surface area contributed by atoms with Crippen molar-refractivity contribution in [3.8, 4) is 0 Å². The number of nitrogens with zero attached hydrogens (tertiary/aromatic N) is 1. The summed E-state index contributed by atoms with van der Waals surface area (Å²) in [5, 5.41) is 2.60. The summed E-state index contributed by atoms with van der Waals surface area (Å²) in [4.78, 5) is 11.4. The van der Waals surface area contributed by atoms with Gasteiger partial charge in [0.2, 0.25) is 15.9 Å². The van der Waals surface area contributed by atoms with Crippen molar-refractivity contribution in [3.05, 3.63) is 24.3 Å². The molecule has 0 aliphatic carbocycles. The molecule has 1 rings (SSSR count). The molecule has 1 unspecified atom stereocenters. The van der Waals surface area contributed by atoms with E-state index in [1.165, 1.54) is 23.4 Å². The number of hydrogen-bond acceptors (Lipinski definition) is 3. The van der Waals surface area contributed by atoms with Crippen LogP contribution in [0.25, 0.3) is 0 Å². The summed E-state index contributed by atoms with van der Waals surface area (Å²) in [5.41, 5.74) is 0.577. The molecule has 0 radical (unpaired) electrons. The molecule has 0 aromatic heterocycles. The van der Waals surface area contributed by atoms with Gasteiger partial charge in [-0.25, -0.2) is 12.7 Å². The van der Waals surface area contributed by atoms with Crippen molar-refractivity contribution in [1.29, 1.82) is 0 Å². The lowest BCUT2D eigenvalue weighted by Crippen LogP contribution is -2.29. The van der Waals surface area contributed by atoms with Crippen LogP contribution in [0, 0.1) is 0 Å². The fourth-order valence-corrected chi connectivity index (χ4v) is 2.96. The highest BCUT2D eigenvalue weighted by Gasteiger charge is 2.20. The average Bonchev–Trinajstić information content (AvgIpc) is 2.35. The number of rotatable bonds is 6. The van der Waals surface area contributed by atoms with Crippen molar-refractivity contribution in [3.63, 3.8) is 0 Å². The number of halogens is 1. The second-order valence-electron chi connectivity index (χ2n) is 4.60. The lowest BCUT2D eigenvalue weighted by Gasteiger charge is -2.18. The SMILES string of the molecule is CC(=O)Nc1ccc(S(=O)(=O)N(C)CCC(C)Br)cc1. The predicted molar refractivity (Wildman–Crippen MR) is 83.6 cm³/mol. The third kappa shape index (κ3) is 4.88. The zero-order chi connectivity index (χ0) is 15.3. The van der Waals surface area contributed by atoms with Gasteiger partial charge in [-0.15, -0.1) is 0 Å². The summed E-state index contributed by atoms with van der Waals surface area (Å²) in [6.07, 6.45) is 0.736. The zero-order valence-electron chi connectivity index (χ0n) is 11.8. The van der Waals surface area contributed by atoms with Crippen LogP contribution in [0.1, 0.15) is 20.3 Å². The number of sulfonamides is 1. The minimum absolute atomic E-state index is 0.191. The normalized spacial score (nSPS) is 13.2. The molecule has 0 fully saturated rings. The van der Waals surface area contributed by atoms with Crippen LogP contribution in [-0.2, 0) is 14.8 Å². The molecule has 1 aromatic carbocycles. The minimum Gasteiger partial charge on any atom is -0.326 e. The average molecular weight is 363 g/mol. The first-order valence-corrected chi connectivity index (χ1v) is 8.57. The monoisotopic (exact) mass is 362 g/mol. The van der Waals surface area contributed by atoms with Gasteiger partial charge in [0.05, 0.1) is 4.90 Å². The highest BCUT2D eigenvalue weighted by molar-refractivity contribution is 9.09. The van der Waals surface area contributed by atoms with Gasteiger partial charge in [0.1, 0.15) is 0 Å². The second kappa shape index (κ2) is 7.19. The van der Waals surface area contributed by atoms with E-state index in [9.17, 15) is 13.2 Å². The van der Waals surface area contributed by atoms with Crippen LogP contribution < -0.4 is 5.32 Å². The third-order valence-corrected chi connectivity index (χ3v) is 5.05. The minimum atomic E-state index is -3.48. The Kier molecular flexibility index (Phi) is 6.16. The van der Waals surface area contributed by atoms with Crippen LogP contribution in [0.3, 0.4) is 0 Å². The van der Waals surface area contributed by atoms with E-state index in [4.69, 9.17) is 0 Å². The van der Waals surface area contributed by atoms with Gasteiger partial charge in [-0.2, -0.15) is 0 Å². The first-order valence-electron chi connectivity index (χ1n) is 6.21. The number of nitrogens with one attached hydrogen (secondary N) is 1. The van der Waals surface area contributed by atoms with Gasteiger partial charge in [0.15, 0.2) is 0 Å². The molecule has 1 N–H and O–H groups in total. The molecule has 0 bridgehead atoms. The Bertz CT molecular complexity index is 555. The largest absolute Gasteiger partial charge is 0.326 e. The van der Waals surface area contributed by atoms with Crippen molar-refractivity contribution in [2.75, 3.05) is 18.9 Å². The van der Waals surface area contributed by atoms with Crippen molar-refractivity contribution in [2.45, 2.75) is 30.0 Å². The van der Waals surface area contributed by atoms with E-state index in [0.29, 0.717) is 12.2 Å². The topological polar surface area (TPSA) is 66.5 Å². The predicted octanol–water partition coefficient (Wildman–Crippen LogP) is 2.44. The van der Waals surface area contributed by atoms with E-state index in [0.717, 1.165) is 6.42 Å². The zero-order valence-corrected chi connectivity index (χ0v) is 14.2. The maximum atomic E-state index is 12.3. The van der Waals surface area contributed by atoms with Crippen molar-refractivity contribution >= 4 is 37.5 Å². The van der Waals surface area contributed by atoms with Crippen LogP contribution in [0.5, 0.6) is 0 Å². The standard InChI is InChI=1S/C13H19BrN2O3S/c1-10(14)8-9-16(3)20(18,19)13-6-4-12(5-7-13)15-11(2)17/h4-7,10H,8-9H2,1-3H3,(H,15,17). The van der Waals surface area contributed by atoms with E-state index < -0.39 is 10.0 Å². The van der Waals surface area contributed by atoms with Gasteiger partial charge in [0, 0.05) is 31.0 Å². The van der Waals surface area contributed by atoms with Gasteiger partial charge in [-0.3, -0.25) is 4.79 Å². The van der Waals surface area contributed by atoms with Crippen molar-refractivity contribution in [1.82, 2.24) is 4.31 Å². The maximum absolute atomic E-state index is 12.3. The molecule has 1 amide bonds. The molecule has 0 heterocycles. The van der Waals surface area contributed by atoms with Gasteiger partial charge >= 0.3 is 0 Å². The maximum Gasteiger partial charge on any atom is 0.242 e. The number of carbonyl (C=O) groups excluding carboxylic acids is 1. The number of carbonyl (C=O) groups is 1. The van der Waals surface area contributed by atoms with E-state index in [2.05, 4.69) is 21.2 Å². The van der Waals surface area contributed by atoms with Crippen molar-refractivity contribution < 1.29 is 13.2 Å². The first-order chi connectivity index (χ1) is 9.23. The van der Waals surface area contributed by atoms with Crippen LogP contribution in [0.4, 0.5) is 5.69 Å². The van der Waals surface area contributed by atoms with Gasteiger partial charge in [-0.1, -0.05) is 22.9 Å². The Labute approximate surface area is 128 Å². The van der Waals surface area contributed by atoms with E-state index in [1.54, 1.807) is 19.2 Å². The fourth-order valence-electron chi connectivity index (χ4n) is 1.57. The second-order valence-corrected chi connectivity index (χ2v) is 8.21. The first kappa shape index (κ1) is 17.1. The Hall–Kier alpha value is -0.920. The van der Waals surface area contributed by atoms with Gasteiger partial charge in [-0.05, 0) is 30.7 Å². The molecule has 112 valence electrons. The number of anilines is 1. The van der Waals surface area contributed by atoms with Gasteiger partial charge < -0.3 is 5.32 Å². The van der Waals surface area contributed by atoms with Crippen molar-refractivity contribution in [2.24, 2.45) is 0 Å². The fraction of sp³-hybridized carbons (Fsp3) is 0.462. The molecule has 1 aromatic rings. The number of amides is 1. The highest BCUT2D eigenvalue weighted by atomic mass is 79.9. The van der Waals surface area contributed by atoms with Crippen LogP contribution in [0.2, 0.25) is 0 Å². The molecular weight excluding hydrogens is 344 g/mol. The molecule has 5 nitrogen and oxygen atoms in total. The molecule has 7 heteroatoms. The summed E-state index contributed by atoms with van der Waals surface area (Å²) >= 11 is 3.40. The van der Waals surface area contributed by atoms with Crippen LogP contribution >= 0.6 is 15.9 Å². The third-order valence-electron chi connectivity index (χ3n) is 2.72. The Balaban J connectivity index is 2.84. The molecule has 0 saturated heterocycles. The molecule has 0 aliphatic rings. The molecule has 20 heavy (non-hydrogen) atoms. The summed E-state index contributed by atoms with van der Waals surface area (Å²) < 4.78 is 25.9. The number of benzene rings is 1. The summed E-state index contributed by atoms with van der Waals surface area (Å²) in [5.74, 6) is -0.191. The van der Waals surface area contributed by atoms with E-state index in [-0.39, 0.29) is 15.6 Å². The summed E-state index contributed by atoms with van der Waals surface area (Å²) in [6.45, 7) is 3.82. The molecule has 0 aliphatic heterocycles.